The van der Waals surface area contributed by atoms with Crippen LogP contribution in [-0.2, 0) is 4.79 Å². The van der Waals surface area contributed by atoms with Crippen molar-refractivity contribution < 1.29 is 19.7 Å². The smallest absolute Gasteiger partial charge is 0.317 e. The number of ether oxygens (including phenoxy) is 1. The predicted molar refractivity (Wildman–Crippen MR) is 72.5 cm³/mol. The molecule has 0 bridgehead atoms. The van der Waals surface area contributed by atoms with Gasteiger partial charge in [0.05, 0.1) is 13.7 Å². The monoisotopic (exact) mass is 265 g/mol. The van der Waals surface area contributed by atoms with Crippen molar-refractivity contribution in [2.24, 2.45) is 0 Å². The predicted octanol–water partition coefficient (Wildman–Crippen LogP) is 2.03. The van der Waals surface area contributed by atoms with Crippen LogP contribution in [0.2, 0.25) is 0 Å². The van der Waals surface area contributed by atoms with Crippen LogP contribution in [0.5, 0.6) is 11.5 Å². The molecule has 1 aromatic carbocycles. The third-order valence-electron chi connectivity index (χ3n) is 2.93. The number of phenolic OH excluding ortho intramolecular Hbond substituents is 1. The summed E-state index contributed by atoms with van der Waals surface area (Å²) >= 11 is 0. The summed E-state index contributed by atoms with van der Waals surface area (Å²) in [6.45, 7) is 5.75. The molecule has 2 N–H and O–H groups in total. The minimum Gasteiger partial charge on any atom is -0.508 e. The van der Waals surface area contributed by atoms with Gasteiger partial charge in [-0.15, -0.1) is 6.58 Å². The average molecular weight is 265 g/mol. The SMILES string of the molecule is C=CCN(CC(=O)O)C(C)c1cc(OC)ccc1O. The van der Waals surface area contributed by atoms with E-state index in [-0.39, 0.29) is 18.3 Å². The van der Waals surface area contributed by atoms with Gasteiger partial charge in [0.1, 0.15) is 11.5 Å². The summed E-state index contributed by atoms with van der Waals surface area (Å²) < 4.78 is 5.11. The summed E-state index contributed by atoms with van der Waals surface area (Å²) in [7, 11) is 1.54. The van der Waals surface area contributed by atoms with E-state index >= 15 is 0 Å². The summed E-state index contributed by atoms with van der Waals surface area (Å²) in [5.74, 6) is -0.183. The summed E-state index contributed by atoms with van der Waals surface area (Å²) in [4.78, 5) is 12.6. The van der Waals surface area contributed by atoms with Crippen LogP contribution >= 0.6 is 0 Å². The summed E-state index contributed by atoms with van der Waals surface area (Å²) in [6.07, 6.45) is 1.64. The normalized spacial score (nSPS) is 12.2. The van der Waals surface area contributed by atoms with Crippen molar-refractivity contribution in [3.05, 3.63) is 36.4 Å². The fourth-order valence-electron chi connectivity index (χ4n) is 1.89. The van der Waals surface area contributed by atoms with E-state index in [9.17, 15) is 9.90 Å². The zero-order chi connectivity index (χ0) is 14.4. The molecule has 0 spiro atoms. The lowest BCUT2D eigenvalue weighted by Crippen LogP contribution is -2.32. The van der Waals surface area contributed by atoms with Gasteiger partial charge < -0.3 is 14.9 Å². The van der Waals surface area contributed by atoms with Gasteiger partial charge in [-0.3, -0.25) is 9.69 Å². The molecule has 0 aliphatic carbocycles. The van der Waals surface area contributed by atoms with Crippen molar-refractivity contribution in [1.82, 2.24) is 4.90 Å². The first kappa shape index (κ1) is 15.0. The lowest BCUT2D eigenvalue weighted by molar-refractivity contribution is -0.138. The van der Waals surface area contributed by atoms with Gasteiger partial charge in [-0.1, -0.05) is 6.08 Å². The van der Waals surface area contributed by atoms with Gasteiger partial charge >= 0.3 is 5.97 Å². The minimum absolute atomic E-state index is 0.118. The molecular formula is C14H19NO4. The van der Waals surface area contributed by atoms with Crippen LogP contribution in [0.25, 0.3) is 0 Å². The Kier molecular flexibility index (Phi) is 5.38. The maximum atomic E-state index is 10.9. The zero-order valence-electron chi connectivity index (χ0n) is 11.2. The van der Waals surface area contributed by atoms with Gasteiger partial charge in [0, 0.05) is 18.2 Å². The van der Waals surface area contributed by atoms with Gasteiger partial charge in [-0.05, 0) is 25.1 Å². The van der Waals surface area contributed by atoms with E-state index in [0.717, 1.165) is 0 Å². The second kappa shape index (κ2) is 6.80. The number of carboxylic acids is 1. The number of carboxylic acid groups (broad SMARTS) is 1. The molecule has 0 aromatic heterocycles. The third kappa shape index (κ3) is 3.99. The number of aliphatic carboxylic acids is 1. The molecule has 1 rings (SSSR count). The number of carbonyl (C=O) groups is 1. The number of methoxy groups -OCH3 is 1. The molecule has 0 saturated carbocycles. The Labute approximate surface area is 112 Å². The summed E-state index contributed by atoms with van der Waals surface area (Å²) in [6, 6.07) is 4.64. The van der Waals surface area contributed by atoms with Crippen molar-refractivity contribution >= 4 is 5.97 Å². The van der Waals surface area contributed by atoms with Gasteiger partial charge in [0.25, 0.3) is 0 Å². The molecule has 0 aliphatic rings. The Morgan fingerprint density at radius 3 is 2.79 bits per heavy atom. The lowest BCUT2D eigenvalue weighted by atomic mass is 10.0. The second-order valence-corrected chi connectivity index (χ2v) is 4.21. The van der Waals surface area contributed by atoms with E-state index in [1.54, 1.807) is 30.2 Å². The number of nitrogens with zero attached hydrogens (tertiary/aromatic N) is 1. The molecule has 5 heteroatoms. The van der Waals surface area contributed by atoms with Crippen LogP contribution in [-0.4, -0.2) is 41.3 Å². The number of aromatic hydroxyl groups is 1. The van der Waals surface area contributed by atoms with Crippen LogP contribution in [0.15, 0.2) is 30.9 Å². The molecule has 0 fully saturated rings. The Morgan fingerprint density at radius 1 is 1.58 bits per heavy atom. The maximum absolute atomic E-state index is 10.9. The Morgan fingerprint density at radius 2 is 2.26 bits per heavy atom. The van der Waals surface area contributed by atoms with E-state index in [4.69, 9.17) is 9.84 Å². The Hall–Kier alpha value is -2.01. The van der Waals surface area contributed by atoms with Gasteiger partial charge in [0.15, 0.2) is 0 Å². The molecule has 19 heavy (non-hydrogen) atoms. The molecule has 0 aliphatic heterocycles. The molecule has 0 amide bonds. The molecule has 1 atom stereocenters. The third-order valence-corrected chi connectivity index (χ3v) is 2.93. The molecule has 5 nitrogen and oxygen atoms in total. The number of hydrogen-bond donors (Lipinski definition) is 2. The molecule has 0 saturated heterocycles. The van der Waals surface area contributed by atoms with Crippen molar-refractivity contribution in [3.8, 4) is 11.5 Å². The maximum Gasteiger partial charge on any atom is 0.317 e. The van der Waals surface area contributed by atoms with Crippen molar-refractivity contribution in [3.63, 3.8) is 0 Å². The first-order valence-corrected chi connectivity index (χ1v) is 5.93. The Balaban J connectivity index is 3.03. The van der Waals surface area contributed by atoms with E-state index < -0.39 is 5.97 Å². The van der Waals surface area contributed by atoms with Gasteiger partial charge in [-0.2, -0.15) is 0 Å². The Bertz CT molecular complexity index is 459. The van der Waals surface area contributed by atoms with Crippen LogP contribution in [0.4, 0.5) is 0 Å². The number of phenols is 1. The van der Waals surface area contributed by atoms with Crippen molar-refractivity contribution in [2.75, 3.05) is 20.2 Å². The van der Waals surface area contributed by atoms with E-state index in [0.29, 0.717) is 17.9 Å². The molecule has 1 unspecified atom stereocenters. The first-order chi connectivity index (χ1) is 8.99. The highest BCUT2D eigenvalue weighted by Crippen LogP contribution is 2.31. The zero-order valence-corrected chi connectivity index (χ0v) is 11.2. The fourth-order valence-corrected chi connectivity index (χ4v) is 1.89. The topological polar surface area (TPSA) is 70.0 Å². The summed E-state index contributed by atoms with van der Waals surface area (Å²) in [5, 5.41) is 18.8. The first-order valence-electron chi connectivity index (χ1n) is 5.93. The quantitative estimate of drug-likeness (QED) is 0.738. The average Bonchev–Trinajstić information content (AvgIpc) is 2.37. The fraction of sp³-hybridized carbons (Fsp3) is 0.357. The highest BCUT2D eigenvalue weighted by molar-refractivity contribution is 5.69. The lowest BCUT2D eigenvalue weighted by Gasteiger charge is -2.27. The van der Waals surface area contributed by atoms with Crippen molar-refractivity contribution in [1.29, 1.82) is 0 Å². The molecule has 104 valence electrons. The molecule has 0 heterocycles. The number of hydrogen-bond acceptors (Lipinski definition) is 4. The van der Waals surface area contributed by atoms with E-state index in [1.807, 2.05) is 6.92 Å². The summed E-state index contributed by atoms with van der Waals surface area (Å²) in [5.41, 5.74) is 0.627. The van der Waals surface area contributed by atoms with Crippen LogP contribution in [0.1, 0.15) is 18.5 Å². The number of benzene rings is 1. The second-order valence-electron chi connectivity index (χ2n) is 4.21. The molecule has 1 aromatic rings. The van der Waals surface area contributed by atoms with Crippen LogP contribution in [0.3, 0.4) is 0 Å². The van der Waals surface area contributed by atoms with Crippen molar-refractivity contribution in [2.45, 2.75) is 13.0 Å². The molecular weight excluding hydrogens is 246 g/mol. The van der Waals surface area contributed by atoms with Crippen LogP contribution < -0.4 is 4.74 Å². The van der Waals surface area contributed by atoms with Crippen LogP contribution in [0, 0.1) is 0 Å². The van der Waals surface area contributed by atoms with E-state index in [1.165, 1.54) is 6.07 Å². The van der Waals surface area contributed by atoms with Gasteiger partial charge in [-0.25, -0.2) is 0 Å². The van der Waals surface area contributed by atoms with Gasteiger partial charge in [0.2, 0.25) is 0 Å². The van der Waals surface area contributed by atoms with E-state index in [2.05, 4.69) is 6.58 Å². The largest absolute Gasteiger partial charge is 0.508 e. The highest BCUT2D eigenvalue weighted by Gasteiger charge is 2.20. The minimum atomic E-state index is -0.920. The highest BCUT2D eigenvalue weighted by atomic mass is 16.5. The standard InChI is InChI=1S/C14H19NO4/c1-4-7-15(9-14(17)18)10(2)12-8-11(19-3)5-6-13(12)16/h4-6,8,10,16H,1,7,9H2,2-3H3,(H,17,18). The number of rotatable bonds is 7. The molecule has 0 radical (unpaired) electrons.